The molecule has 0 aliphatic carbocycles. The largest absolute Gasteiger partial charge is 0.491 e. The highest BCUT2D eigenvalue weighted by atomic mass is 16.5. The standard InChI is InChI=1S/C13H16N2O2/c14-11-5-6-12(17-9-2-1-8-16)13-10(11)4-3-7-15-13/h3-7,16H,1-2,8-9,14H2. The lowest BCUT2D eigenvalue weighted by atomic mass is 10.1. The number of fused-ring (bicyclic) bond motifs is 1. The van der Waals surface area contributed by atoms with Gasteiger partial charge in [0.25, 0.3) is 0 Å². The molecule has 0 saturated heterocycles. The summed E-state index contributed by atoms with van der Waals surface area (Å²) in [7, 11) is 0. The fraction of sp³-hybridized carbons (Fsp3) is 0.308. The second-order valence-corrected chi connectivity index (χ2v) is 3.83. The van der Waals surface area contributed by atoms with Crippen LogP contribution in [0.15, 0.2) is 30.5 Å². The molecule has 0 spiro atoms. The van der Waals surface area contributed by atoms with Gasteiger partial charge in [-0.25, -0.2) is 0 Å². The van der Waals surface area contributed by atoms with Crippen LogP contribution in [0, 0.1) is 0 Å². The summed E-state index contributed by atoms with van der Waals surface area (Å²) in [5, 5.41) is 9.60. The zero-order valence-electron chi connectivity index (χ0n) is 9.60. The first-order chi connectivity index (χ1) is 8.33. The molecule has 0 unspecified atom stereocenters. The Hall–Kier alpha value is -1.81. The Bertz CT molecular complexity index is 500. The number of anilines is 1. The Morgan fingerprint density at radius 3 is 2.94 bits per heavy atom. The van der Waals surface area contributed by atoms with Crippen LogP contribution in [-0.2, 0) is 0 Å². The van der Waals surface area contributed by atoms with Crippen molar-refractivity contribution >= 4 is 16.6 Å². The molecule has 0 bridgehead atoms. The van der Waals surface area contributed by atoms with Crippen molar-refractivity contribution in [2.24, 2.45) is 0 Å². The van der Waals surface area contributed by atoms with E-state index in [-0.39, 0.29) is 6.61 Å². The molecule has 17 heavy (non-hydrogen) atoms. The van der Waals surface area contributed by atoms with Crippen LogP contribution in [-0.4, -0.2) is 23.3 Å². The number of hydrogen-bond donors (Lipinski definition) is 2. The van der Waals surface area contributed by atoms with E-state index in [4.69, 9.17) is 15.6 Å². The maximum absolute atomic E-state index is 8.69. The van der Waals surface area contributed by atoms with Gasteiger partial charge in [0.15, 0.2) is 0 Å². The molecule has 0 saturated carbocycles. The molecule has 0 aliphatic heterocycles. The second kappa shape index (κ2) is 5.50. The van der Waals surface area contributed by atoms with Gasteiger partial charge in [0.2, 0.25) is 0 Å². The first-order valence-corrected chi connectivity index (χ1v) is 5.70. The molecule has 0 radical (unpaired) electrons. The van der Waals surface area contributed by atoms with Crippen molar-refractivity contribution in [2.75, 3.05) is 18.9 Å². The van der Waals surface area contributed by atoms with Crippen LogP contribution in [0.2, 0.25) is 0 Å². The van der Waals surface area contributed by atoms with Crippen molar-refractivity contribution in [2.45, 2.75) is 12.8 Å². The highest BCUT2D eigenvalue weighted by molar-refractivity contribution is 5.94. The number of rotatable bonds is 5. The molecule has 0 atom stereocenters. The predicted octanol–water partition coefficient (Wildman–Crippen LogP) is 1.97. The van der Waals surface area contributed by atoms with Crippen molar-refractivity contribution < 1.29 is 9.84 Å². The molecule has 1 aromatic heterocycles. The summed E-state index contributed by atoms with van der Waals surface area (Å²) in [6.45, 7) is 0.778. The number of unbranched alkanes of at least 4 members (excludes halogenated alkanes) is 1. The van der Waals surface area contributed by atoms with Gasteiger partial charge in [0.05, 0.1) is 6.61 Å². The summed E-state index contributed by atoms with van der Waals surface area (Å²) in [6.07, 6.45) is 3.30. The van der Waals surface area contributed by atoms with Gasteiger partial charge in [0.1, 0.15) is 11.3 Å². The highest BCUT2D eigenvalue weighted by Gasteiger charge is 2.05. The van der Waals surface area contributed by atoms with Gasteiger partial charge in [-0.15, -0.1) is 0 Å². The average Bonchev–Trinajstić information content (AvgIpc) is 2.37. The number of pyridine rings is 1. The van der Waals surface area contributed by atoms with Gasteiger partial charge in [-0.3, -0.25) is 4.98 Å². The van der Waals surface area contributed by atoms with Crippen LogP contribution < -0.4 is 10.5 Å². The maximum atomic E-state index is 8.69. The zero-order chi connectivity index (χ0) is 12.1. The van der Waals surface area contributed by atoms with Gasteiger partial charge < -0.3 is 15.6 Å². The summed E-state index contributed by atoms with van der Waals surface area (Å²) < 4.78 is 5.65. The summed E-state index contributed by atoms with van der Waals surface area (Å²) in [6, 6.07) is 7.45. The van der Waals surface area contributed by atoms with Crippen LogP contribution in [0.3, 0.4) is 0 Å². The van der Waals surface area contributed by atoms with Crippen molar-refractivity contribution in [3.05, 3.63) is 30.5 Å². The molecule has 90 valence electrons. The van der Waals surface area contributed by atoms with E-state index in [2.05, 4.69) is 4.98 Å². The van der Waals surface area contributed by atoms with Crippen molar-refractivity contribution in [1.29, 1.82) is 0 Å². The molecule has 0 amide bonds. The third kappa shape index (κ3) is 2.65. The number of hydrogen-bond acceptors (Lipinski definition) is 4. The molecule has 0 fully saturated rings. The number of nitrogens with two attached hydrogens (primary N) is 1. The van der Waals surface area contributed by atoms with Gasteiger partial charge in [-0.1, -0.05) is 0 Å². The smallest absolute Gasteiger partial charge is 0.145 e. The molecule has 4 heteroatoms. The van der Waals surface area contributed by atoms with Gasteiger partial charge in [-0.2, -0.15) is 0 Å². The van der Waals surface area contributed by atoms with E-state index in [1.165, 1.54) is 0 Å². The number of nitrogen functional groups attached to an aromatic ring is 1. The minimum absolute atomic E-state index is 0.199. The fourth-order valence-corrected chi connectivity index (χ4v) is 1.68. The highest BCUT2D eigenvalue weighted by Crippen LogP contribution is 2.28. The normalized spacial score (nSPS) is 10.6. The molecule has 0 aliphatic rings. The average molecular weight is 232 g/mol. The number of aromatic nitrogens is 1. The molecule has 1 heterocycles. The summed E-state index contributed by atoms with van der Waals surface area (Å²) in [5.74, 6) is 0.743. The van der Waals surface area contributed by atoms with Gasteiger partial charge in [-0.05, 0) is 37.1 Å². The molecule has 3 N–H and O–H groups in total. The first-order valence-electron chi connectivity index (χ1n) is 5.70. The van der Waals surface area contributed by atoms with Crippen LogP contribution in [0.4, 0.5) is 5.69 Å². The van der Waals surface area contributed by atoms with E-state index in [0.717, 1.165) is 29.5 Å². The second-order valence-electron chi connectivity index (χ2n) is 3.83. The van der Waals surface area contributed by atoms with Crippen LogP contribution in [0.5, 0.6) is 5.75 Å². The molecule has 4 nitrogen and oxygen atoms in total. The Morgan fingerprint density at radius 1 is 1.24 bits per heavy atom. The number of aliphatic hydroxyl groups is 1. The lowest BCUT2D eigenvalue weighted by molar-refractivity contribution is 0.254. The quantitative estimate of drug-likeness (QED) is 0.611. The Balaban J connectivity index is 2.20. The first kappa shape index (κ1) is 11.7. The minimum atomic E-state index is 0.199. The maximum Gasteiger partial charge on any atom is 0.145 e. The molecule has 2 aromatic rings. The van der Waals surface area contributed by atoms with Crippen molar-refractivity contribution in [3.63, 3.8) is 0 Å². The van der Waals surface area contributed by atoms with E-state index in [9.17, 15) is 0 Å². The summed E-state index contributed by atoms with van der Waals surface area (Å²) in [5.41, 5.74) is 7.37. The molecule has 1 aromatic carbocycles. The zero-order valence-corrected chi connectivity index (χ0v) is 9.60. The third-order valence-electron chi connectivity index (χ3n) is 2.58. The van der Waals surface area contributed by atoms with Crippen molar-refractivity contribution in [3.8, 4) is 5.75 Å². The molecular weight excluding hydrogens is 216 g/mol. The van der Waals surface area contributed by atoms with Gasteiger partial charge >= 0.3 is 0 Å². The number of aliphatic hydroxyl groups excluding tert-OH is 1. The molecular formula is C13H16N2O2. The number of benzene rings is 1. The monoisotopic (exact) mass is 232 g/mol. The predicted molar refractivity (Wildman–Crippen MR) is 68.0 cm³/mol. The Kier molecular flexibility index (Phi) is 3.77. The Morgan fingerprint density at radius 2 is 2.12 bits per heavy atom. The van der Waals surface area contributed by atoms with E-state index < -0.39 is 0 Å². The summed E-state index contributed by atoms with van der Waals surface area (Å²) >= 11 is 0. The van der Waals surface area contributed by atoms with Crippen LogP contribution in [0.1, 0.15) is 12.8 Å². The third-order valence-corrected chi connectivity index (χ3v) is 2.58. The topological polar surface area (TPSA) is 68.4 Å². The fourth-order valence-electron chi connectivity index (χ4n) is 1.68. The molecule has 2 rings (SSSR count). The lowest BCUT2D eigenvalue weighted by Gasteiger charge is -2.09. The van der Waals surface area contributed by atoms with Crippen LogP contribution in [0.25, 0.3) is 10.9 Å². The minimum Gasteiger partial charge on any atom is -0.491 e. The van der Waals surface area contributed by atoms with E-state index in [1.54, 1.807) is 6.20 Å². The van der Waals surface area contributed by atoms with Crippen LogP contribution >= 0.6 is 0 Å². The van der Waals surface area contributed by atoms with Gasteiger partial charge in [0, 0.05) is 23.9 Å². The van der Waals surface area contributed by atoms with Crippen molar-refractivity contribution in [1.82, 2.24) is 4.98 Å². The van der Waals surface area contributed by atoms with E-state index in [0.29, 0.717) is 12.3 Å². The Labute approximate surface area is 100 Å². The number of nitrogens with zero attached hydrogens (tertiary/aromatic N) is 1. The lowest BCUT2D eigenvalue weighted by Crippen LogP contribution is -2.00. The van der Waals surface area contributed by atoms with E-state index >= 15 is 0 Å². The number of ether oxygens (including phenoxy) is 1. The van der Waals surface area contributed by atoms with E-state index in [1.807, 2.05) is 24.3 Å². The summed E-state index contributed by atoms with van der Waals surface area (Å²) in [4.78, 5) is 4.29. The SMILES string of the molecule is Nc1ccc(OCCCCO)c2ncccc12.